The first-order chi connectivity index (χ1) is 7.47. The van der Waals surface area contributed by atoms with Crippen molar-refractivity contribution < 1.29 is 12.8 Å². The smallest absolute Gasteiger partial charge is 0.240 e. The number of sulfonamides is 1. The molecule has 0 saturated heterocycles. The quantitative estimate of drug-likeness (QED) is 0.794. The molecule has 0 radical (unpaired) electrons. The number of benzene rings is 1. The fourth-order valence-electron chi connectivity index (χ4n) is 1.25. The van der Waals surface area contributed by atoms with Crippen LogP contribution in [0.15, 0.2) is 23.1 Å². The van der Waals surface area contributed by atoms with Gasteiger partial charge in [-0.2, -0.15) is 0 Å². The van der Waals surface area contributed by atoms with Gasteiger partial charge in [0.1, 0.15) is 5.82 Å². The zero-order valence-electron chi connectivity index (χ0n) is 9.66. The van der Waals surface area contributed by atoms with Crippen LogP contribution >= 0.6 is 12.4 Å². The number of rotatable bonds is 5. The van der Waals surface area contributed by atoms with Gasteiger partial charge in [-0.1, -0.05) is 6.07 Å². The molecule has 0 bridgehead atoms. The number of likely N-dealkylation sites (N-methyl/N-ethyl adjacent to an activating group) is 1. The molecule has 0 fully saturated rings. The maximum Gasteiger partial charge on any atom is 0.240 e. The van der Waals surface area contributed by atoms with E-state index in [0.29, 0.717) is 12.1 Å². The van der Waals surface area contributed by atoms with Gasteiger partial charge in [-0.3, -0.25) is 0 Å². The molecule has 0 saturated carbocycles. The van der Waals surface area contributed by atoms with Crippen molar-refractivity contribution in [1.29, 1.82) is 0 Å². The van der Waals surface area contributed by atoms with Gasteiger partial charge in [0.2, 0.25) is 10.0 Å². The summed E-state index contributed by atoms with van der Waals surface area (Å²) >= 11 is 0. The van der Waals surface area contributed by atoms with Crippen molar-refractivity contribution in [1.82, 2.24) is 10.0 Å². The highest BCUT2D eigenvalue weighted by atomic mass is 35.5. The second-order valence-corrected chi connectivity index (χ2v) is 5.15. The first-order valence-corrected chi connectivity index (χ1v) is 6.36. The number of nitrogens with one attached hydrogen (secondary N) is 2. The Morgan fingerprint density at radius 2 is 1.94 bits per heavy atom. The highest BCUT2D eigenvalue weighted by Crippen LogP contribution is 2.15. The molecule has 0 aliphatic heterocycles. The van der Waals surface area contributed by atoms with E-state index in [9.17, 15) is 12.8 Å². The molecule has 1 rings (SSSR count). The third kappa shape index (κ3) is 4.59. The summed E-state index contributed by atoms with van der Waals surface area (Å²) in [6.45, 7) is 2.43. The number of halogens is 2. The lowest BCUT2D eigenvalue weighted by Crippen LogP contribution is -2.31. The van der Waals surface area contributed by atoms with E-state index in [1.807, 2.05) is 0 Å². The van der Waals surface area contributed by atoms with Crippen LogP contribution in [0.5, 0.6) is 0 Å². The molecular formula is C10H16ClFN2O2S. The first-order valence-electron chi connectivity index (χ1n) is 4.88. The minimum absolute atomic E-state index is 0. The molecule has 7 heteroatoms. The second kappa shape index (κ2) is 6.90. The molecule has 98 valence electrons. The van der Waals surface area contributed by atoms with Gasteiger partial charge in [0.15, 0.2) is 0 Å². The minimum Gasteiger partial charge on any atom is -0.318 e. The van der Waals surface area contributed by atoms with Gasteiger partial charge in [0.05, 0.1) is 4.90 Å². The number of aryl methyl sites for hydroxylation is 1. The lowest BCUT2D eigenvalue weighted by Gasteiger charge is -2.08. The molecular weight excluding hydrogens is 267 g/mol. The van der Waals surface area contributed by atoms with E-state index >= 15 is 0 Å². The molecule has 0 spiro atoms. The molecule has 0 unspecified atom stereocenters. The Bertz CT molecular complexity index is 465. The summed E-state index contributed by atoms with van der Waals surface area (Å²) < 4.78 is 38.9. The van der Waals surface area contributed by atoms with Crippen LogP contribution in [0.25, 0.3) is 0 Å². The summed E-state index contributed by atoms with van der Waals surface area (Å²) in [5.74, 6) is -0.556. The molecule has 2 N–H and O–H groups in total. The van der Waals surface area contributed by atoms with E-state index in [2.05, 4.69) is 10.0 Å². The van der Waals surface area contributed by atoms with Crippen molar-refractivity contribution in [3.8, 4) is 0 Å². The van der Waals surface area contributed by atoms with Crippen LogP contribution in [0.1, 0.15) is 5.56 Å². The Morgan fingerprint density at radius 3 is 2.53 bits per heavy atom. The zero-order chi connectivity index (χ0) is 12.2. The minimum atomic E-state index is -3.62. The fraction of sp³-hybridized carbons (Fsp3) is 0.400. The molecule has 1 aromatic carbocycles. The molecule has 0 heterocycles. The average Bonchev–Trinajstić information content (AvgIpc) is 2.22. The maximum atomic E-state index is 13.0. The molecule has 17 heavy (non-hydrogen) atoms. The molecule has 0 aromatic heterocycles. The van der Waals surface area contributed by atoms with Crippen LogP contribution in [0.3, 0.4) is 0 Å². The van der Waals surface area contributed by atoms with Crippen molar-refractivity contribution >= 4 is 22.4 Å². The van der Waals surface area contributed by atoms with Crippen LogP contribution < -0.4 is 10.0 Å². The normalized spacial score (nSPS) is 11.0. The van der Waals surface area contributed by atoms with Crippen molar-refractivity contribution in [2.75, 3.05) is 20.1 Å². The molecule has 0 aliphatic rings. The predicted molar refractivity (Wildman–Crippen MR) is 67.5 cm³/mol. The van der Waals surface area contributed by atoms with E-state index in [1.54, 1.807) is 14.0 Å². The molecule has 0 atom stereocenters. The summed E-state index contributed by atoms with van der Waals surface area (Å²) in [5.41, 5.74) is 0.526. The summed E-state index contributed by atoms with van der Waals surface area (Å²) in [5, 5.41) is 2.82. The van der Waals surface area contributed by atoms with Crippen molar-refractivity contribution in [2.24, 2.45) is 0 Å². The van der Waals surface area contributed by atoms with Gasteiger partial charge in [0.25, 0.3) is 0 Å². The lowest BCUT2D eigenvalue weighted by molar-refractivity contribution is 0.575. The Labute approximate surface area is 107 Å². The Balaban J connectivity index is 0.00000256. The highest BCUT2D eigenvalue weighted by Gasteiger charge is 2.16. The predicted octanol–water partition coefficient (Wildman–Crippen LogP) is 1.05. The Kier molecular flexibility index (Phi) is 6.62. The van der Waals surface area contributed by atoms with E-state index < -0.39 is 15.8 Å². The van der Waals surface area contributed by atoms with E-state index in [4.69, 9.17) is 0 Å². The van der Waals surface area contributed by atoms with Crippen LogP contribution in [0.4, 0.5) is 4.39 Å². The summed E-state index contributed by atoms with van der Waals surface area (Å²) in [6.07, 6.45) is 0. The van der Waals surface area contributed by atoms with Gasteiger partial charge in [0, 0.05) is 13.1 Å². The van der Waals surface area contributed by atoms with Crippen molar-refractivity contribution in [2.45, 2.75) is 11.8 Å². The topological polar surface area (TPSA) is 58.2 Å². The maximum absolute atomic E-state index is 13.0. The standard InChI is InChI=1S/C10H15FN2O2S.ClH/c1-8-3-4-9(11)7-10(8)16(14,15)13-6-5-12-2;/h3-4,7,12-13H,5-6H2,1-2H3;1H. The van der Waals surface area contributed by atoms with Gasteiger partial charge >= 0.3 is 0 Å². The molecule has 0 amide bonds. The van der Waals surface area contributed by atoms with Crippen LogP contribution in [-0.2, 0) is 10.0 Å². The van der Waals surface area contributed by atoms with Gasteiger partial charge in [-0.05, 0) is 31.7 Å². The van der Waals surface area contributed by atoms with Gasteiger partial charge in [-0.25, -0.2) is 17.5 Å². The number of hydrogen-bond donors (Lipinski definition) is 2. The van der Waals surface area contributed by atoms with Crippen LogP contribution in [0.2, 0.25) is 0 Å². The average molecular weight is 283 g/mol. The third-order valence-electron chi connectivity index (χ3n) is 2.11. The largest absolute Gasteiger partial charge is 0.318 e. The molecule has 0 aliphatic carbocycles. The summed E-state index contributed by atoms with van der Waals surface area (Å²) in [4.78, 5) is -0.0106. The Morgan fingerprint density at radius 1 is 1.29 bits per heavy atom. The van der Waals surface area contributed by atoms with Crippen LogP contribution in [-0.4, -0.2) is 28.6 Å². The van der Waals surface area contributed by atoms with E-state index in [-0.39, 0.29) is 23.8 Å². The van der Waals surface area contributed by atoms with E-state index in [0.717, 1.165) is 6.07 Å². The van der Waals surface area contributed by atoms with Crippen LogP contribution in [0, 0.1) is 12.7 Å². The zero-order valence-corrected chi connectivity index (χ0v) is 11.3. The monoisotopic (exact) mass is 282 g/mol. The van der Waals surface area contributed by atoms with Gasteiger partial charge < -0.3 is 5.32 Å². The first kappa shape index (κ1) is 16.3. The molecule has 4 nitrogen and oxygen atoms in total. The van der Waals surface area contributed by atoms with Crippen molar-refractivity contribution in [3.63, 3.8) is 0 Å². The fourth-order valence-corrected chi connectivity index (χ4v) is 2.54. The second-order valence-electron chi connectivity index (χ2n) is 3.41. The number of hydrogen-bond acceptors (Lipinski definition) is 3. The van der Waals surface area contributed by atoms with Crippen molar-refractivity contribution in [3.05, 3.63) is 29.6 Å². The third-order valence-corrected chi connectivity index (χ3v) is 3.71. The van der Waals surface area contributed by atoms with Gasteiger partial charge in [-0.15, -0.1) is 12.4 Å². The highest BCUT2D eigenvalue weighted by molar-refractivity contribution is 7.89. The molecule has 1 aromatic rings. The van der Waals surface area contributed by atoms with E-state index in [1.165, 1.54) is 12.1 Å². The summed E-state index contributed by atoms with van der Waals surface area (Å²) in [6, 6.07) is 3.71. The lowest BCUT2D eigenvalue weighted by atomic mass is 10.2. The Hall–Kier alpha value is -0.690. The summed E-state index contributed by atoms with van der Waals surface area (Å²) in [7, 11) is -1.89. The SMILES string of the molecule is CNCCNS(=O)(=O)c1cc(F)ccc1C.Cl.